The largest absolute Gasteiger partial charge is 0.207 e. The van der Waals surface area contributed by atoms with Gasteiger partial charge in [-0.3, -0.25) is 0 Å². The first-order valence-electron chi connectivity index (χ1n) is 4.30. The molecule has 0 N–H and O–H groups in total. The van der Waals surface area contributed by atoms with Crippen LogP contribution >= 0.6 is 11.6 Å². The molecule has 0 unspecified atom stereocenters. The number of benzene rings is 2. The minimum atomic E-state index is -0.513. The van der Waals surface area contributed by atoms with Crippen molar-refractivity contribution in [2.75, 3.05) is 0 Å². The maximum atomic E-state index is 13.4. The molecule has 0 spiro atoms. The number of hydrogen-bond donors (Lipinski definition) is 0. The molecule has 0 heterocycles. The zero-order chi connectivity index (χ0) is 10.8. The molecule has 0 atom stereocenters. The zero-order valence-corrected chi connectivity index (χ0v) is 8.35. The number of rotatable bonds is 1. The molecule has 0 saturated carbocycles. The molecule has 1 radical (unpaired) electrons. The highest BCUT2D eigenvalue weighted by molar-refractivity contribution is 6.33. The van der Waals surface area contributed by atoms with E-state index in [1.54, 1.807) is 18.2 Å². The lowest BCUT2D eigenvalue weighted by molar-refractivity contribution is 0.603. The van der Waals surface area contributed by atoms with Gasteiger partial charge in [-0.15, -0.1) is 0 Å². The van der Waals surface area contributed by atoms with E-state index in [0.29, 0.717) is 10.6 Å². The topological polar surface area (TPSA) is 0 Å². The lowest BCUT2D eigenvalue weighted by Crippen LogP contribution is -1.87. The van der Waals surface area contributed by atoms with Crippen molar-refractivity contribution < 1.29 is 8.78 Å². The van der Waals surface area contributed by atoms with Gasteiger partial charge in [-0.2, -0.15) is 0 Å². The van der Waals surface area contributed by atoms with Crippen molar-refractivity contribution in [3.05, 3.63) is 59.1 Å². The second-order valence-corrected chi connectivity index (χ2v) is 3.42. The predicted molar refractivity (Wildman–Crippen MR) is 55.6 cm³/mol. The van der Waals surface area contributed by atoms with Crippen LogP contribution in [-0.4, -0.2) is 0 Å². The Bertz CT molecular complexity index is 495. The first kappa shape index (κ1) is 10.1. The molecule has 2 aromatic carbocycles. The third-order valence-electron chi connectivity index (χ3n) is 2.00. The molecule has 0 aromatic heterocycles. The van der Waals surface area contributed by atoms with Crippen molar-refractivity contribution in [3.8, 4) is 11.1 Å². The van der Waals surface area contributed by atoms with Gasteiger partial charge in [0, 0.05) is 16.1 Å². The quantitative estimate of drug-likeness (QED) is 0.683. The highest BCUT2D eigenvalue weighted by Crippen LogP contribution is 2.29. The van der Waals surface area contributed by atoms with E-state index in [1.165, 1.54) is 0 Å². The molecule has 0 bridgehead atoms. The maximum absolute atomic E-state index is 13.4. The van der Waals surface area contributed by atoms with E-state index in [1.807, 2.05) is 0 Å². The molecule has 0 amide bonds. The molecule has 0 aliphatic rings. The molecule has 3 heteroatoms. The lowest BCUT2D eigenvalue weighted by atomic mass is 10.1. The average molecular weight is 224 g/mol. The number of halogens is 3. The molecule has 15 heavy (non-hydrogen) atoms. The Morgan fingerprint density at radius 3 is 2.67 bits per heavy atom. The van der Waals surface area contributed by atoms with Gasteiger partial charge in [-0.1, -0.05) is 23.7 Å². The third-order valence-corrected chi connectivity index (χ3v) is 2.32. The SMILES string of the molecule is Fc1ccc(F)c(-c2[c]cccc2Cl)c1. The van der Waals surface area contributed by atoms with Crippen LogP contribution in [0.15, 0.2) is 36.4 Å². The van der Waals surface area contributed by atoms with Crippen LogP contribution in [0.5, 0.6) is 0 Å². The van der Waals surface area contributed by atoms with Crippen LogP contribution < -0.4 is 0 Å². The van der Waals surface area contributed by atoms with Crippen LogP contribution in [0.3, 0.4) is 0 Å². The van der Waals surface area contributed by atoms with Gasteiger partial charge in [0.2, 0.25) is 0 Å². The summed E-state index contributed by atoms with van der Waals surface area (Å²) in [7, 11) is 0. The highest BCUT2D eigenvalue weighted by atomic mass is 35.5. The van der Waals surface area contributed by atoms with Gasteiger partial charge < -0.3 is 0 Å². The summed E-state index contributed by atoms with van der Waals surface area (Å²) in [6.07, 6.45) is 0. The molecular weight excluding hydrogens is 218 g/mol. The third kappa shape index (κ3) is 2.00. The van der Waals surface area contributed by atoms with Crippen molar-refractivity contribution >= 4 is 11.6 Å². The van der Waals surface area contributed by atoms with E-state index >= 15 is 0 Å². The summed E-state index contributed by atoms with van der Waals surface area (Å²) >= 11 is 5.86. The first-order chi connectivity index (χ1) is 7.18. The fourth-order valence-electron chi connectivity index (χ4n) is 1.31. The molecule has 0 fully saturated rings. The Hall–Kier alpha value is -1.41. The minimum absolute atomic E-state index is 0.126. The summed E-state index contributed by atoms with van der Waals surface area (Å²) in [6, 6.07) is 10.9. The van der Waals surface area contributed by atoms with Crippen molar-refractivity contribution in [2.24, 2.45) is 0 Å². The average Bonchev–Trinajstić information content (AvgIpc) is 2.23. The molecule has 0 saturated heterocycles. The van der Waals surface area contributed by atoms with Crippen LogP contribution in [0.4, 0.5) is 8.78 Å². The molecule has 75 valence electrons. The normalized spacial score (nSPS) is 10.3. The summed E-state index contributed by atoms with van der Waals surface area (Å²) in [4.78, 5) is 0. The molecule has 2 aromatic rings. The van der Waals surface area contributed by atoms with E-state index in [2.05, 4.69) is 6.07 Å². The van der Waals surface area contributed by atoms with Gasteiger partial charge in [-0.05, 0) is 30.3 Å². The Kier molecular flexibility index (Phi) is 2.69. The number of hydrogen-bond acceptors (Lipinski definition) is 0. The summed E-state index contributed by atoms with van der Waals surface area (Å²) in [5.41, 5.74) is 0.497. The second kappa shape index (κ2) is 3.99. The smallest absolute Gasteiger partial charge is 0.131 e. The van der Waals surface area contributed by atoms with Crippen LogP contribution in [0, 0.1) is 17.7 Å². The zero-order valence-electron chi connectivity index (χ0n) is 7.60. The van der Waals surface area contributed by atoms with Crippen LogP contribution in [0.2, 0.25) is 5.02 Å². The van der Waals surface area contributed by atoms with Gasteiger partial charge in [0.25, 0.3) is 0 Å². The molecule has 0 aliphatic carbocycles. The fraction of sp³-hybridized carbons (Fsp3) is 0. The fourth-order valence-corrected chi connectivity index (χ4v) is 1.54. The van der Waals surface area contributed by atoms with Crippen molar-refractivity contribution in [3.63, 3.8) is 0 Å². The van der Waals surface area contributed by atoms with E-state index in [4.69, 9.17) is 11.6 Å². The van der Waals surface area contributed by atoms with Gasteiger partial charge in [0.1, 0.15) is 11.6 Å². The van der Waals surface area contributed by atoms with E-state index in [0.717, 1.165) is 18.2 Å². The van der Waals surface area contributed by atoms with E-state index < -0.39 is 11.6 Å². The van der Waals surface area contributed by atoms with E-state index in [9.17, 15) is 8.78 Å². The molecule has 0 aliphatic heterocycles. The maximum Gasteiger partial charge on any atom is 0.131 e. The van der Waals surface area contributed by atoms with Gasteiger partial charge >= 0.3 is 0 Å². The summed E-state index contributed by atoms with van der Waals surface area (Å²) in [6.45, 7) is 0. The Morgan fingerprint density at radius 1 is 1.13 bits per heavy atom. The Morgan fingerprint density at radius 2 is 1.93 bits per heavy atom. The standard InChI is InChI=1S/C12H6ClF2/c13-11-4-2-1-3-9(11)10-7-8(14)5-6-12(10)15/h1-2,4-7H. The van der Waals surface area contributed by atoms with Gasteiger partial charge in [-0.25, -0.2) is 8.78 Å². The molecular formula is C12H6ClF2. The summed E-state index contributed by atoms with van der Waals surface area (Å²) < 4.78 is 26.3. The Labute approximate surface area is 91.1 Å². The summed E-state index contributed by atoms with van der Waals surface area (Å²) in [5, 5.41) is 0.349. The molecule has 2 rings (SSSR count). The van der Waals surface area contributed by atoms with E-state index in [-0.39, 0.29) is 5.56 Å². The predicted octanol–water partition coefficient (Wildman–Crippen LogP) is 4.09. The lowest BCUT2D eigenvalue weighted by Gasteiger charge is -2.04. The minimum Gasteiger partial charge on any atom is -0.207 e. The van der Waals surface area contributed by atoms with Crippen LogP contribution in [0.1, 0.15) is 0 Å². The van der Waals surface area contributed by atoms with Gasteiger partial charge in [0.05, 0.1) is 0 Å². The molecule has 0 nitrogen and oxygen atoms in total. The highest BCUT2D eigenvalue weighted by Gasteiger charge is 2.09. The van der Waals surface area contributed by atoms with Crippen molar-refractivity contribution in [1.82, 2.24) is 0 Å². The monoisotopic (exact) mass is 223 g/mol. The first-order valence-corrected chi connectivity index (χ1v) is 4.68. The summed E-state index contributed by atoms with van der Waals surface area (Å²) in [5.74, 6) is -1.01. The van der Waals surface area contributed by atoms with Crippen molar-refractivity contribution in [2.45, 2.75) is 0 Å². The van der Waals surface area contributed by atoms with Crippen molar-refractivity contribution in [1.29, 1.82) is 0 Å². The van der Waals surface area contributed by atoms with Crippen LogP contribution in [0.25, 0.3) is 11.1 Å². The van der Waals surface area contributed by atoms with Gasteiger partial charge in [0.15, 0.2) is 0 Å². The second-order valence-electron chi connectivity index (χ2n) is 3.02. The van der Waals surface area contributed by atoms with Crippen LogP contribution in [-0.2, 0) is 0 Å². The Balaban J connectivity index is 2.64.